The molecule has 0 N–H and O–H groups in total. The Morgan fingerprint density at radius 1 is 1.37 bits per heavy atom. The molecule has 0 saturated carbocycles. The summed E-state index contributed by atoms with van der Waals surface area (Å²) in [7, 11) is 3.47. The lowest BCUT2D eigenvalue weighted by atomic mass is 9.86. The van der Waals surface area contributed by atoms with Gasteiger partial charge >= 0.3 is 0 Å². The Balaban J connectivity index is 2.26. The molecule has 1 aromatic rings. The second kappa shape index (κ2) is 5.33. The molecule has 0 spiro atoms. The minimum atomic E-state index is -0.763. The number of carbonyl (C=O) groups is 1. The lowest BCUT2D eigenvalue weighted by Gasteiger charge is -2.37. The van der Waals surface area contributed by atoms with Crippen LogP contribution in [0.3, 0.4) is 0 Å². The Labute approximate surface area is 115 Å². The van der Waals surface area contributed by atoms with Crippen molar-refractivity contribution >= 4 is 5.91 Å². The maximum atomic E-state index is 12.5. The molecule has 0 aliphatic heterocycles. The van der Waals surface area contributed by atoms with Gasteiger partial charge in [0.1, 0.15) is 5.60 Å². The molecule has 3 nitrogen and oxygen atoms in total. The molecule has 0 saturated heterocycles. The lowest BCUT2D eigenvalue weighted by molar-refractivity contribution is -0.152. The quantitative estimate of drug-likeness (QED) is 0.837. The minimum Gasteiger partial charge on any atom is -0.369 e. The van der Waals surface area contributed by atoms with Crippen LogP contribution in [0, 0.1) is 0 Å². The van der Waals surface area contributed by atoms with Gasteiger partial charge in [-0.3, -0.25) is 4.79 Å². The summed E-state index contributed by atoms with van der Waals surface area (Å²) in [6.45, 7) is 3.64. The largest absolute Gasteiger partial charge is 0.369 e. The predicted octanol–water partition coefficient (Wildman–Crippen LogP) is 2.95. The summed E-state index contributed by atoms with van der Waals surface area (Å²) in [5.41, 5.74) is 1.89. The van der Waals surface area contributed by atoms with Gasteiger partial charge in [-0.2, -0.15) is 0 Å². The molecule has 19 heavy (non-hydrogen) atoms. The first-order valence-corrected chi connectivity index (χ1v) is 6.87. The second-order valence-electron chi connectivity index (χ2n) is 5.74. The van der Waals surface area contributed by atoms with Crippen LogP contribution in [0.4, 0.5) is 0 Å². The van der Waals surface area contributed by atoms with E-state index in [2.05, 4.69) is 24.3 Å². The van der Waals surface area contributed by atoms with Gasteiger partial charge < -0.3 is 9.64 Å². The van der Waals surface area contributed by atoms with E-state index in [-0.39, 0.29) is 11.9 Å². The summed E-state index contributed by atoms with van der Waals surface area (Å²) < 4.78 is 5.31. The highest BCUT2D eigenvalue weighted by Crippen LogP contribution is 2.34. The second-order valence-corrected chi connectivity index (χ2v) is 5.74. The normalized spacial score (nSPS) is 18.8. The molecule has 0 bridgehead atoms. The highest BCUT2D eigenvalue weighted by molar-refractivity contribution is 5.84. The van der Waals surface area contributed by atoms with Crippen LogP contribution in [0.15, 0.2) is 24.3 Å². The van der Waals surface area contributed by atoms with E-state index in [9.17, 15) is 4.79 Å². The molecule has 0 radical (unpaired) electrons. The van der Waals surface area contributed by atoms with Gasteiger partial charge in [-0.15, -0.1) is 0 Å². The first-order valence-electron chi connectivity index (χ1n) is 6.87. The number of ether oxygens (including phenoxy) is 1. The molecule has 1 amide bonds. The van der Waals surface area contributed by atoms with Crippen LogP contribution in [0.5, 0.6) is 0 Å². The number of hydrogen-bond acceptors (Lipinski definition) is 2. The Morgan fingerprint density at radius 3 is 2.74 bits per heavy atom. The summed E-state index contributed by atoms with van der Waals surface area (Å²) in [5.74, 6) is 0.0386. The van der Waals surface area contributed by atoms with E-state index < -0.39 is 5.60 Å². The van der Waals surface area contributed by atoms with E-state index in [0.717, 1.165) is 19.3 Å². The number of aryl methyl sites for hydroxylation is 1. The zero-order chi connectivity index (χ0) is 14.0. The maximum absolute atomic E-state index is 12.5. The van der Waals surface area contributed by atoms with Gasteiger partial charge in [0.15, 0.2) is 0 Å². The number of likely N-dealkylation sites (N-methyl/N-ethyl adjacent to an activating group) is 1. The van der Waals surface area contributed by atoms with E-state index in [0.29, 0.717) is 0 Å². The van der Waals surface area contributed by atoms with Crippen molar-refractivity contribution in [1.82, 2.24) is 4.90 Å². The predicted molar refractivity (Wildman–Crippen MR) is 76.0 cm³/mol. The number of rotatable bonds is 3. The van der Waals surface area contributed by atoms with Crippen molar-refractivity contribution in [2.75, 3.05) is 14.2 Å². The van der Waals surface area contributed by atoms with E-state index in [1.54, 1.807) is 7.11 Å². The molecule has 1 aromatic carbocycles. The van der Waals surface area contributed by atoms with Gasteiger partial charge in [0.2, 0.25) is 0 Å². The Hall–Kier alpha value is -1.35. The zero-order valence-electron chi connectivity index (χ0n) is 12.3. The lowest BCUT2D eigenvalue weighted by Crippen LogP contribution is -2.46. The highest BCUT2D eigenvalue weighted by atomic mass is 16.5. The van der Waals surface area contributed by atoms with E-state index >= 15 is 0 Å². The van der Waals surface area contributed by atoms with Crippen LogP contribution in [0.25, 0.3) is 0 Å². The third-order valence-electron chi connectivity index (χ3n) is 4.15. The van der Waals surface area contributed by atoms with Crippen LogP contribution in [-0.4, -0.2) is 30.6 Å². The fourth-order valence-corrected chi connectivity index (χ4v) is 2.78. The van der Waals surface area contributed by atoms with Crippen LogP contribution < -0.4 is 0 Å². The molecule has 3 heteroatoms. The summed E-state index contributed by atoms with van der Waals surface area (Å²) >= 11 is 0. The number of fused-ring (bicyclic) bond motifs is 1. The molecule has 104 valence electrons. The van der Waals surface area contributed by atoms with Crippen molar-refractivity contribution in [2.45, 2.75) is 44.8 Å². The average Bonchev–Trinajstić information content (AvgIpc) is 2.45. The van der Waals surface area contributed by atoms with Crippen molar-refractivity contribution < 1.29 is 9.53 Å². The average molecular weight is 261 g/mol. The third kappa shape index (κ3) is 2.66. The van der Waals surface area contributed by atoms with E-state index in [1.807, 2.05) is 25.8 Å². The summed E-state index contributed by atoms with van der Waals surface area (Å²) in [4.78, 5) is 14.4. The third-order valence-corrected chi connectivity index (χ3v) is 4.15. The van der Waals surface area contributed by atoms with Crippen molar-refractivity contribution in [3.8, 4) is 0 Å². The molecule has 0 aromatic heterocycles. The van der Waals surface area contributed by atoms with Crippen LogP contribution in [-0.2, 0) is 16.0 Å². The van der Waals surface area contributed by atoms with E-state index in [1.165, 1.54) is 11.1 Å². The maximum Gasteiger partial charge on any atom is 0.254 e. The molecule has 1 aliphatic rings. The monoisotopic (exact) mass is 261 g/mol. The highest BCUT2D eigenvalue weighted by Gasteiger charge is 2.35. The Bertz CT molecular complexity index is 468. The number of benzene rings is 1. The van der Waals surface area contributed by atoms with Crippen molar-refractivity contribution in [1.29, 1.82) is 0 Å². The first-order chi connectivity index (χ1) is 8.97. The van der Waals surface area contributed by atoms with E-state index in [4.69, 9.17) is 4.74 Å². The number of amides is 1. The Morgan fingerprint density at radius 2 is 2.05 bits per heavy atom. The number of methoxy groups -OCH3 is 1. The number of carbonyl (C=O) groups excluding carboxylic acids is 1. The number of hydrogen-bond donors (Lipinski definition) is 0. The molecule has 1 atom stereocenters. The molecule has 2 rings (SSSR count). The van der Waals surface area contributed by atoms with Gasteiger partial charge in [-0.1, -0.05) is 24.3 Å². The molecular weight excluding hydrogens is 238 g/mol. The first kappa shape index (κ1) is 14.1. The fraction of sp³-hybridized carbons (Fsp3) is 0.562. The smallest absolute Gasteiger partial charge is 0.254 e. The summed E-state index contributed by atoms with van der Waals surface area (Å²) in [6.07, 6.45) is 3.27. The van der Waals surface area contributed by atoms with Crippen molar-refractivity contribution in [3.63, 3.8) is 0 Å². The fourth-order valence-electron chi connectivity index (χ4n) is 2.78. The van der Waals surface area contributed by atoms with Crippen molar-refractivity contribution in [2.24, 2.45) is 0 Å². The minimum absolute atomic E-state index is 0.0386. The van der Waals surface area contributed by atoms with Gasteiger partial charge in [-0.05, 0) is 44.2 Å². The molecule has 1 aliphatic carbocycles. The molecule has 0 fully saturated rings. The van der Waals surface area contributed by atoms with Gasteiger partial charge in [0.05, 0.1) is 6.04 Å². The molecule has 0 heterocycles. The van der Waals surface area contributed by atoms with Gasteiger partial charge in [0, 0.05) is 14.2 Å². The van der Waals surface area contributed by atoms with Gasteiger partial charge in [0.25, 0.3) is 5.91 Å². The van der Waals surface area contributed by atoms with Crippen molar-refractivity contribution in [3.05, 3.63) is 35.4 Å². The SMILES string of the molecule is COC(C)(C)C(=O)N(C)C1CCCc2ccccc21. The van der Waals surface area contributed by atoms with Crippen LogP contribution in [0.2, 0.25) is 0 Å². The standard InChI is InChI=1S/C16H23NO2/c1-16(2,19-4)15(18)17(3)14-11-7-9-12-8-5-6-10-13(12)14/h5-6,8,10,14H,7,9,11H2,1-4H3. The topological polar surface area (TPSA) is 29.5 Å². The molecule has 1 unspecified atom stereocenters. The van der Waals surface area contributed by atoms with Crippen LogP contribution >= 0.6 is 0 Å². The Kier molecular flexibility index (Phi) is 3.95. The molecular formula is C16H23NO2. The van der Waals surface area contributed by atoms with Crippen LogP contribution in [0.1, 0.15) is 43.9 Å². The number of nitrogens with zero attached hydrogens (tertiary/aromatic N) is 1. The summed E-state index contributed by atoms with van der Waals surface area (Å²) in [5, 5.41) is 0. The summed E-state index contributed by atoms with van der Waals surface area (Å²) in [6, 6.07) is 8.61. The zero-order valence-corrected chi connectivity index (χ0v) is 12.3. The van der Waals surface area contributed by atoms with Gasteiger partial charge in [-0.25, -0.2) is 0 Å².